The number of rotatable bonds is 3. The highest BCUT2D eigenvalue weighted by Gasteiger charge is 2.28. The first-order valence-corrected chi connectivity index (χ1v) is 5.92. The number of hydrogen-bond donors (Lipinski definition) is 3. The van der Waals surface area contributed by atoms with Gasteiger partial charge in [-0.05, 0) is 44.7 Å². The molecule has 1 aliphatic carbocycles. The molecule has 3 N–H and O–H groups in total. The molecule has 1 saturated heterocycles. The topological polar surface area (TPSA) is 61.4 Å². The molecule has 4 heteroatoms. The highest BCUT2D eigenvalue weighted by atomic mass is 16.3. The van der Waals surface area contributed by atoms with Crippen molar-refractivity contribution in [1.29, 1.82) is 0 Å². The molecule has 4 nitrogen and oxygen atoms in total. The number of hydrogen-bond acceptors (Lipinski definition) is 3. The summed E-state index contributed by atoms with van der Waals surface area (Å²) in [5, 5.41) is 15.4. The number of aliphatic hydroxyl groups is 1. The lowest BCUT2D eigenvalue weighted by atomic mass is 9.88. The number of aliphatic hydroxyl groups excluding tert-OH is 1. The molecule has 0 aromatic heterocycles. The van der Waals surface area contributed by atoms with Gasteiger partial charge in [0.05, 0.1) is 6.10 Å². The summed E-state index contributed by atoms with van der Waals surface area (Å²) in [6.45, 7) is 2.08. The van der Waals surface area contributed by atoms with E-state index in [1.54, 1.807) is 0 Å². The molecule has 0 bridgehead atoms. The zero-order valence-electron chi connectivity index (χ0n) is 9.04. The van der Waals surface area contributed by atoms with Gasteiger partial charge in [-0.2, -0.15) is 0 Å². The standard InChI is InChI=1S/C11H20N2O2/c14-10-6-9(7-10)13-11(15)5-8-1-3-12-4-2-8/h8-10,12,14H,1-7H2,(H,13,15). The Morgan fingerprint density at radius 1 is 1.33 bits per heavy atom. The van der Waals surface area contributed by atoms with E-state index in [9.17, 15) is 4.79 Å². The molecule has 15 heavy (non-hydrogen) atoms. The zero-order chi connectivity index (χ0) is 10.7. The summed E-state index contributed by atoms with van der Waals surface area (Å²) in [5.74, 6) is 0.718. The van der Waals surface area contributed by atoms with E-state index in [0.717, 1.165) is 38.8 Å². The van der Waals surface area contributed by atoms with Gasteiger partial charge >= 0.3 is 0 Å². The Labute approximate surface area is 90.4 Å². The van der Waals surface area contributed by atoms with E-state index in [1.165, 1.54) is 0 Å². The van der Waals surface area contributed by atoms with E-state index >= 15 is 0 Å². The Kier molecular flexibility index (Phi) is 3.59. The molecule has 2 aliphatic rings. The van der Waals surface area contributed by atoms with Crippen molar-refractivity contribution in [3.05, 3.63) is 0 Å². The van der Waals surface area contributed by atoms with Crippen molar-refractivity contribution >= 4 is 5.91 Å². The number of carbonyl (C=O) groups is 1. The Balaban J connectivity index is 1.63. The van der Waals surface area contributed by atoms with Crippen molar-refractivity contribution in [1.82, 2.24) is 10.6 Å². The van der Waals surface area contributed by atoms with Crippen LogP contribution in [-0.4, -0.2) is 36.2 Å². The fourth-order valence-electron chi connectivity index (χ4n) is 2.34. The molecule has 0 atom stereocenters. The van der Waals surface area contributed by atoms with Crippen molar-refractivity contribution in [3.63, 3.8) is 0 Å². The Morgan fingerprint density at radius 2 is 2.00 bits per heavy atom. The molecule has 1 heterocycles. The highest BCUT2D eigenvalue weighted by Crippen LogP contribution is 2.21. The quantitative estimate of drug-likeness (QED) is 0.618. The summed E-state index contributed by atoms with van der Waals surface area (Å²) in [5.41, 5.74) is 0. The monoisotopic (exact) mass is 212 g/mol. The third kappa shape index (κ3) is 3.18. The van der Waals surface area contributed by atoms with Crippen LogP contribution in [0.4, 0.5) is 0 Å². The summed E-state index contributed by atoms with van der Waals surface area (Å²) in [6.07, 6.45) is 4.17. The smallest absolute Gasteiger partial charge is 0.220 e. The maximum absolute atomic E-state index is 11.6. The van der Waals surface area contributed by atoms with E-state index in [1.807, 2.05) is 0 Å². The van der Waals surface area contributed by atoms with E-state index < -0.39 is 0 Å². The third-order valence-electron chi connectivity index (χ3n) is 3.41. The van der Waals surface area contributed by atoms with Gasteiger partial charge in [-0.1, -0.05) is 0 Å². The average Bonchev–Trinajstić information content (AvgIpc) is 2.17. The van der Waals surface area contributed by atoms with Crippen LogP contribution in [0.1, 0.15) is 32.1 Å². The Morgan fingerprint density at radius 3 is 2.60 bits per heavy atom. The summed E-state index contributed by atoms with van der Waals surface area (Å²) < 4.78 is 0. The predicted molar refractivity (Wildman–Crippen MR) is 57.4 cm³/mol. The van der Waals surface area contributed by atoms with Crippen LogP contribution in [0.2, 0.25) is 0 Å². The second-order valence-electron chi connectivity index (χ2n) is 4.79. The van der Waals surface area contributed by atoms with Crippen molar-refractivity contribution in [2.75, 3.05) is 13.1 Å². The molecular formula is C11H20N2O2. The van der Waals surface area contributed by atoms with Crippen LogP contribution in [0.5, 0.6) is 0 Å². The molecule has 0 radical (unpaired) electrons. The minimum atomic E-state index is -0.186. The molecule has 2 fully saturated rings. The fourth-order valence-corrected chi connectivity index (χ4v) is 2.34. The normalized spacial score (nSPS) is 32.1. The lowest BCUT2D eigenvalue weighted by Crippen LogP contribution is -2.47. The van der Waals surface area contributed by atoms with Crippen LogP contribution < -0.4 is 10.6 Å². The molecule has 0 unspecified atom stereocenters. The van der Waals surface area contributed by atoms with Crippen molar-refractivity contribution in [2.45, 2.75) is 44.2 Å². The number of carbonyl (C=O) groups excluding carboxylic acids is 1. The highest BCUT2D eigenvalue weighted by molar-refractivity contribution is 5.76. The van der Waals surface area contributed by atoms with Crippen molar-refractivity contribution < 1.29 is 9.90 Å². The second kappa shape index (κ2) is 4.94. The zero-order valence-corrected chi connectivity index (χ0v) is 9.04. The van der Waals surface area contributed by atoms with Crippen LogP contribution in [0.3, 0.4) is 0 Å². The van der Waals surface area contributed by atoms with Crippen molar-refractivity contribution in [3.8, 4) is 0 Å². The lowest BCUT2D eigenvalue weighted by molar-refractivity contribution is -0.124. The van der Waals surface area contributed by atoms with Gasteiger partial charge in [-0.3, -0.25) is 4.79 Å². The largest absolute Gasteiger partial charge is 0.393 e. The van der Waals surface area contributed by atoms with Crippen LogP contribution in [0.25, 0.3) is 0 Å². The molecule has 86 valence electrons. The van der Waals surface area contributed by atoms with Crippen LogP contribution in [0.15, 0.2) is 0 Å². The van der Waals surface area contributed by atoms with Gasteiger partial charge in [0, 0.05) is 12.5 Å². The molecular weight excluding hydrogens is 192 g/mol. The molecule has 0 aromatic carbocycles. The molecule has 1 amide bonds. The molecule has 2 rings (SSSR count). The summed E-state index contributed by atoms with van der Waals surface area (Å²) in [4.78, 5) is 11.6. The van der Waals surface area contributed by atoms with E-state index in [-0.39, 0.29) is 18.1 Å². The maximum atomic E-state index is 11.6. The predicted octanol–water partition coefficient (Wildman–Crippen LogP) is 0.0156. The molecule has 0 spiro atoms. The average molecular weight is 212 g/mol. The van der Waals surface area contributed by atoms with Crippen LogP contribution >= 0.6 is 0 Å². The first-order chi connectivity index (χ1) is 7.24. The third-order valence-corrected chi connectivity index (χ3v) is 3.41. The van der Waals surface area contributed by atoms with Gasteiger partial charge in [-0.25, -0.2) is 0 Å². The maximum Gasteiger partial charge on any atom is 0.220 e. The van der Waals surface area contributed by atoms with E-state index in [2.05, 4.69) is 10.6 Å². The summed E-state index contributed by atoms with van der Waals surface area (Å²) >= 11 is 0. The Hall–Kier alpha value is -0.610. The first-order valence-electron chi connectivity index (χ1n) is 5.92. The van der Waals surface area contributed by atoms with Gasteiger partial charge in [0.25, 0.3) is 0 Å². The summed E-state index contributed by atoms with van der Waals surface area (Å²) in [6, 6.07) is 0.231. The number of amides is 1. The minimum absolute atomic E-state index is 0.166. The molecule has 1 saturated carbocycles. The number of nitrogens with one attached hydrogen (secondary N) is 2. The van der Waals surface area contributed by atoms with Gasteiger partial charge in [0.1, 0.15) is 0 Å². The Bertz CT molecular complexity index is 221. The molecule has 1 aliphatic heterocycles. The van der Waals surface area contributed by atoms with Gasteiger partial charge in [0.15, 0.2) is 0 Å². The lowest BCUT2D eigenvalue weighted by Gasteiger charge is -2.32. The minimum Gasteiger partial charge on any atom is -0.393 e. The van der Waals surface area contributed by atoms with Gasteiger partial charge < -0.3 is 15.7 Å². The fraction of sp³-hybridized carbons (Fsp3) is 0.909. The van der Waals surface area contributed by atoms with Crippen molar-refractivity contribution in [2.24, 2.45) is 5.92 Å². The van der Waals surface area contributed by atoms with E-state index in [4.69, 9.17) is 5.11 Å². The second-order valence-corrected chi connectivity index (χ2v) is 4.79. The number of piperidine rings is 1. The van der Waals surface area contributed by atoms with E-state index in [0.29, 0.717) is 12.3 Å². The van der Waals surface area contributed by atoms with Gasteiger partial charge in [0.2, 0.25) is 5.91 Å². The first kappa shape index (κ1) is 10.9. The SMILES string of the molecule is O=C(CC1CCNCC1)NC1CC(O)C1. The van der Waals surface area contributed by atoms with Crippen LogP contribution in [-0.2, 0) is 4.79 Å². The molecule has 0 aromatic rings. The van der Waals surface area contributed by atoms with Gasteiger partial charge in [-0.15, -0.1) is 0 Å². The van der Waals surface area contributed by atoms with Crippen LogP contribution in [0, 0.1) is 5.92 Å². The summed E-state index contributed by atoms with van der Waals surface area (Å²) in [7, 11) is 0.